The van der Waals surface area contributed by atoms with Gasteiger partial charge in [-0.2, -0.15) is 0 Å². The molecule has 2 aromatic heterocycles. The fourth-order valence-corrected chi connectivity index (χ4v) is 9.26. The van der Waals surface area contributed by atoms with Gasteiger partial charge in [0.2, 0.25) is 21.8 Å². The third-order valence-corrected chi connectivity index (χ3v) is 12.7. The number of rotatable bonds is 10. The van der Waals surface area contributed by atoms with Crippen molar-refractivity contribution in [1.29, 1.82) is 0 Å². The van der Waals surface area contributed by atoms with Crippen molar-refractivity contribution in [2.45, 2.75) is 43.8 Å². The predicted molar refractivity (Wildman–Crippen MR) is 183 cm³/mol. The van der Waals surface area contributed by atoms with Crippen LogP contribution in [-0.4, -0.2) is 70.5 Å². The van der Waals surface area contributed by atoms with Crippen LogP contribution < -0.4 is 13.8 Å². The summed E-state index contributed by atoms with van der Waals surface area (Å²) in [6.45, 7) is 7.27. The van der Waals surface area contributed by atoms with Crippen LogP contribution in [0.5, 0.6) is 11.5 Å². The molecule has 242 valence electrons. The average Bonchev–Trinajstić information content (AvgIpc) is 3.61. The molecule has 3 heterocycles. The van der Waals surface area contributed by atoms with Crippen molar-refractivity contribution in [2.24, 2.45) is 5.92 Å². The Morgan fingerprint density at radius 3 is 2.49 bits per heavy atom. The summed E-state index contributed by atoms with van der Waals surface area (Å²) < 4.78 is 57.0. The van der Waals surface area contributed by atoms with Gasteiger partial charge in [-0.25, -0.2) is 12.7 Å². The number of ether oxygens (including phenoxy) is 3. The van der Waals surface area contributed by atoms with Gasteiger partial charge in [0.1, 0.15) is 22.4 Å². The Labute approximate surface area is 278 Å². The topological polar surface area (TPSA) is 109 Å². The molecule has 1 fully saturated rings. The van der Waals surface area contributed by atoms with Crippen molar-refractivity contribution < 1.29 is 27.0 Å². The molecule has 0 N–H and O–H groups in total. The number of para-hydroxylation sites is 1. The molecule has 1 saturated heterocycles. The highest BCUT2D eigenvalue weighted by molar-refractivity contribution is 9.11. The van der Waals surface area contributed by atoms with E-state index in [1.54, 1.807) is 49.1 Å². The zero-order valence-electron chi connectivity index (χ0n) is 26.0. The number of aromatic nitrogens is 3. The monoisotopic (exact) mass is 736 g/mol. The lowest BCUT2D eigenvalue weighted by atomic mass is 9.92. The molecule has 14 heteroatoms. The highest BCUT2D eigenvalue weighted by Gasteiger charge is 2.41. The standard InChI is InChI=1S/C31H38BrClN4O6SSi/c1-40-26-11-7-12-27(41-2)29(26)37-30(28-13-8-15-43-28)34-35-31(37)36(14-16-45(3,4)5)44(38,39)23-18-24-21(19-42-20-23)9-6-10-22(33)17-25(24)32/h6-8,10-13,15,17,21,23H,9,14,16,18-20H2,1-5H3/b10-6-,22-17+,25-24+/t21?,23-/m0/s1. The number of anilines is 1. The molecule has 1 unspecified atom stereocenters. The van der Waals surface area contributed by atoms with Gasteiger partial charge in [-0.3, -0.25) is 4.57 Å². The van der Waals surface area contributed by atoms with E-state index in [9.17, 15) is 8.42 Å². The van der Waals surface area contributed by atoms with Crippen LogP contribution in [0.25, 0.3) is 17.3 Å². The zero-order valence-corrected chi connectivity index (χ0v) is 30.2. The number of benzene rings is 1. The minimum atomic E-state index is -4.09. The first-order chi connectivity index (χ1) is 21.4. The van der Waals surface area contributed by atoms with E-state index in [2.05, 4.69) is 45.8 Å². The number of hydrogen-bond acceptors (Lipinski definition) is 8. The lowest BCUT2D eigenvalue weighted by molar-refractivity contribution is 0.123. The van der Waals surface area contributed by atoms with Crippen LogP contribution >= 0.6 is 27.5 Å². The maximum atomic E-state index is 14.9. The molecule has 5 rings (SSSR count). The number of allylic oxidation sites excluding steroid dienone is 5. The fraction of sp³-hybridized carbons (Fsp3) is 0.419. The smallest absolute Gasteiger partial charge is 0.246 e. The van der Waals surface area contributed by atoms with Crippen LogP contribution in [-0.2, 0) is 14.8 Å². The third-order valence-electron chi connectivity index (χ3n) is 7.86. The summed E-state index contributed by atoms with van der Waals surface area (Å²) in [7, 11) is -2.73. The lowest BCUT2D eigenvalue weighted by Crippen LogP contribution is -2.44. The fourth-order valence-electron chi connectivity index (χ4n) is 5.43. The van der Waals surface area contributed by atoms with Gasteiger partial charge in [0, 0.05) is 30.1 Å². The second-order valence-electron chi connectivity index (χ2n) is 12.2. The molecule has 2 atom stereocenters. The Bertz CT molecular complexity index is 1690. The Morgan fingerprint density at radius 2 is 1.84 bits per heavy atom. The largest absolute Gasteiger partial charge is 0.494 e. The van der Waals surface area contributed by atoms with Crippen molar-refractivity contribution in [3.8, 4) is 28.8 Å². The molecule has 3 aromatic rings. The van der Waals surface area contributed by atoms with Crippen LogP contribution in [0.3, 0.4) is 0 Å². The van der Waals surface area contributed by atoms with Crippen LogP contribution in [0.15, 0.2) is 74.3 Å². The molecular formula is C31H38BrClN4O6SSi. The summed E-state index contributed by atoms with van der Waals surface area (Å²) in [5, 5.41) is 8.68. The van der Waals surface area contributed by atoms with Gasteiger partial charge in [-0.15, -0.1) is 10.2 Å². The van der Waals surface area contributed by atoms with Crippen molar-refractivity contribution >= 4 is 51.6 Å². The van der Waals surface area contributed by atoms with Gasteiger partial charge in [-0.1, -0.05) is 59.3 Å². The van der Waals surface area contributed by atoms with Crippen LogP contribution in [0.2, 0.25) is 25.7 Å². The SMILES string of the molecule is COc1cccc(OC)c1-n1c(-c2ccco2)nnc1N(CC[Si](C)(C)C)S(=O)(=O)[C@@H]1COCC2C\C=C/C(Cl)=C\C(Br)=C/2C1. The van der Waals surface area contributed by atoms with E-state index in [-0.39, 0.29) is 31.4 Å². The van der Waals surface area contributed by atoms with Crippen LogP contribution in [0.4, 0.5) is 5.95 Å². The Kier molecular flexibility index (Phi) is 10.3. The van der Waals surface area contributed by atoms with Crippen molar-refractivity contribution in [3.05, 3.63) is 69.9 Å². The predicted octanol–water partition coefficient (Wildman–Crippen LogP) is 7.16. The minimum absolute atomic E-state index is 0.0133. The highest BCUT2D eigenvalue weighted by Crippen LogP contribution is 2.41. The van der Waals surface area contributed by atoms with Gasteiger partial charge in [0.05, 0.1) is 33.7 Å². The number of sulfonamides is 1. The molecule has 1 aliphatic carbocycles. The van der Waals surface area contributed by atoms with Crippen LogP contribution in [0, 0.1) is 5.92 Å². The molecule has 1 aliphatic heterocycles. The summed E-state index contributed by atoms with van der Waals surface area (Å²) in [5.74, 6) is 1.74. The van der Waals surface area contributed by atoms with Crippen molar-refractivity contribution in [1.82, 2.24) is 14.8 Å². The molecule has 0 amide bonds. The average molecular weight is 738 g/mol. The number of methoxy groups -OCH3 is 2. The Balaban J connectivity index is 1.70. The Morgan fingerprint density at radius 1 is 1.11 bits per heavy atom. The third kappa shape index (κ3) is 7.27. The number of furan rings is 1. The minimum Gasteiger partial charge on any atom is -0.494 e. The molecule has 0 saturated carbocycles. The number of fused-ring (bicyclic) bond motifs is 1. The molecular weight excluding hydrogens is 700 g/mol. The quantitative estimate of drug-likeness (QED) is 0.202. The molecule has 0 radical (unpaired) electrons. The molecule has 0 bridgehead atoms. The normalized spacial score (nSPS) is 22.8. The van der Waals surface area contributed by atoms with Gasteiger partial charge < -0.3 is 18.6 Å². The summed E-state index contributed by atoms with van der Waals surface area (Å²) in [6.07, 6.45) is 8.16. The van der Waals surface area contributed by atoms with E-state index in [0.717, 1.165) is 10.1 Å². The summed E-state index contributed by atoms with van der Waals surface area (Å²) in [6, 6.07) is 9.52. The number of halogens is 2. The maximum absolute atomic E-state index is 14.9. The van der Waals surface area contributed by atoms with Crippen LogP contribution in [0.1, 0.15) is 12.8 Å². The van der Waals surface area contributed by atoms with Gasteiger partial charge in [0.25, 0.3) is 0 Å². The van der Waals surface area contributed by atoms with E-state index in [4.69, 9.17) is 30.2 Å². The van der Waals surface area contributed by atoms with E-state index in [1.807, 2.05) is 18.2 Å². The second-order valence-corrected chi connectivity index (χ2v) is 21.2. The Hall–Kier alpha value is -2.84. The van der Waals surface area contributed by atoms with E-state index >= 15 is 0 Å². The molecule has 45 heavy (non-hydrogen) atoms. The summed E-state index contributed by atoms with van der Waals surface area (Å²) in [5.41, 5.74) is 1.41. The highest BCUT2D eigenvalue weighted by atomic mass is 79.9. The first-order valence-electron chi connectivity index (χ1n) is 14.7. The molecule has 0 spiro atoms. The van der Waals surface area contributed by atoms with E-state index in [0.29, 0.717) is 52.9 Å². The van der Waals surface area contributed by atoms with E-state index in [1.165, 1.54) is 10.6 Å². The second kappa shape index (κ2) is 13.9. The summed E-state index contributed by atoms with van der Waals surface area (Å²) in [4.78, 5) is 0. The van der Waals surface area contributed by atoms with Gasteiger partial charge in [0.15, 0.2) is 5.76 Å². The molecule has 2 aliphatic rings. The zero-order chi connectivity index (χ0) is 32.4. The first kappa shape index (κ1) is 33.5. The number of nitrogens with zero attached hydrogens (tertiary/aromatic N) is 4. The molecule has 1 aromatic carbocycles. The van der Waals surface area contributed by atoms with Crippen molar-refractivity contribution in [2.75, 3.05) is 38.3 Å². The summed E-state index contributed by atoms with van der Waals surface area (Å²) >= 11 is 10.1. The van der Waals surface area contributed by atoms with Gasteiger partial charge in [-0.05, 0) is 60.9 Å². The van der Waals surface area contributed by atoms with Gasteiger partial charge >= 0.3 is 0 Å². The molecule has 10 nitrogen and oxygen atoms in total. The number of hydrogen-bond donors (Lipinski definition) is 0. The van der Waals surface area contributed by atoms with E-state index < -0.39 is 23.3 Å². The lowest BCUT2D eigenvalue weighted by Gasteiger charge is -2.30. The van der Waals surface area contributed by atoms with Crippen molar-refractivity contribution in [3.63, 3.8) is 0 Å². The maximum Gasteiger partial charge on any atom is 0.246 e. The first-order valence-corrected chi connectivity index (χ1v) is 21.0.